The van der Waals surface area contributed by atoms with Gasteiger partial charge in [0.25, 0.3) is 0 Å². The van der Waals surface area contributed by atoms with E-state index in [9.17, 15) is 9.59 Å². The first-order valence-electron chi connectivity index (χ1n) is 8.67. The molecule has 150 valence electrons. The van der Waals surface area contributed by atoms with Crippen molar-refractivity contribution in [3.8, 4) is 0 Å². The molecule has 0 bridgehead atoms. The van der Waals surface area contributed by atoms with Crippen molar-refractivity contribution in [1.29, 1.82) is 5.41 Å². The highest BCUT2D eigenvalue weighted by Gasteiger charge is 2.17. The summed E-state index contributed by atoms with van der Waals surface area (Å²) in [5.41, 5.74) is 1.21. The van der Waals surface area contributed by atoms with Crippen LogP contribution in [0.25, 0.3) is 0 Å². The molecule has 0 spiro atoms. The van der Waals surface area contributed by atoms with Crippen LogP contribution in [0.3, 0.4) is 0 Å². The second-order valence-electron chi connectivity index (χ2n) is 6.32. The Balaban J connectivity index is 1.68. The summed E-state index contributed by atoms with van der Waals surface area (Å²) in [7, 11) is 0. The number of aromatic nitrogens is 3. The number of esters is 1. The summed E-state index contributed by atoms with van der Waals surface area (Å²) in [5.74, 6) is -0.894. The second kappa shape index (κ2) is 10.8. The van der Waals surface area contributed by atoms with Gasteiger partial charge < -0.3 is 10.1 Å². The molecule has 0 aliphatic rings. The number of hydrogen-bond donors (Lipinski definition) is 3. The summed E-state index contributed by atoms with van der Waals surface area (Å²) in [6, 6.07) is 4.48. The minimum Gasteiger partial charge on any atom is -0.456 e. The number of aryl methyl sites for hydroxylation is 1. The van der Waals surface area contributed by atoms with Gasteiger partial charge in [-0.1, -0.05) is 23.2 Å². The van der Waals surface area contributed by atoms with Crippen molar-refractivity contribution in [2.75, 3.05) is 0 Å². The average molecular weight is 426 g/mol. The molecule has 2 rings (SSSR count). The molecule has 1 aromatic heterocycles. The van der Waals surface area contributed by atoms with Crippen LogP contribution in [0.1, 0.15) is 37.4 Å². The summed E-state index contributed by atoms with van der Waals surface area (Å²) in [6.45, 7) is 1.69. The van der Waals surface area contributed by atoms with Crippen LogP contribution in [0.5, 0.6) is 0 Å². The van der Waals surface area contributed by atoms with Gasteiger partial charge in [-0.25, -0.2) is 4.79 Å². The summed E-state index contributed by atoms with van der Waals surface area (Å²) < 4.78 is 5.10. The molecule has 1 amide bonds. The number of H-pyrrole nitrogens is 1. The first-order chi connectivity index (χ1) is 13.3. The fourth-order valence-electron chi connectivity index (χ4n) is 2.49. The lowest BCUT2D eigenvalue weighted by Gasteiger charge is -2.14. The fourth-order valence-corrected chi connectivity index (χ4v) is 3.06. The lowest BCUT2D eigenvalue weighted by atomic mass is 10.1. The molecule has 10 heteroatoms. The predicted molar refractivity (Wildman–Crippen MR) is 106 cm³/mol. The number of benzene rings is 1. The molecule has 0 saturated carbocycles. The number of ether oxygens (including phenoxy) is 1. The Hall–Kier alpha value is -2.45. The van der Waals surface area contributed by atoms with Crippen LogP contribution in [-0.2, 0) is 27.4 Å². The van der Waals surface area contributed by atoms with Gasteiger partial charge in [0.05, 0.1) is 11.9 Å². The van der Waals surface area contributed by atoms with E-state index in [1.54, 1.807) is 31.3 Å². The van der Waals surface area contributed by atoms with Crippen LogP contribution in [0.4, 0.5) is 0 Å². The Bertz CT molecular complexity index is 806. The molecule has 2 aromatic rings. The van der Waals surface area contributed by atoms with Gasteiger partial charge >= 0.3 is 5.97 Å². The van der Waals surface area contributed by atoms with E-state index >= 15 is 0 Å². The Morgan fingerprint density at radius 1 is 1.29 bits per heavy atom. The third-order valence-corrected chi connectivity index (χ3v) is 4.19. The van der Waals surface area contributed by atoms with E-state index < -0.39 is 5.97 Å². The molecule has 1 heterocycles. The number of hydrogen-bond acceptors (Lipinski definition) is 6. The second-order valence-corrected chi connectivity index (χ2v) is 7.19. The highest BCUT2D eigenvalue weighted by molar-refractivity contribution is 6.35. The summed E-state index contributed by atoms with van der Waals surface area (Å²) in [4.78, 5) is 23.9. The lowest BCUT2D eigenvalue weighted by molar-refractivity contribution is -0.137. The van der Waals surface area contributed by atoms with Gasteiger partial charge in [0.2, 0.25) is 5.91 Å². The van der Waals surface area contributed by atoms with Crippen LogP contribution < -0.4 is 5.32 Å². The standard InChI is InChI=1S/C18H21Cl2N5O3/c1-11(23-17(26)4-2-3-15-9-22-25-24-15)5-16(21)18(27)28-10-12-6-13(19)8-14(20)7-12/h6-9,11,21H,2-5,10H2,1H3,(H,23,26)(H,22,24,25)/t11-/m0/s1. The predicted octanol–water partition coefficient (Wildman–Crippen LogP) is 3.09. The molecule has 28 heavy (non-hydrogen) atoms. The van der Waals surface area contributed by atoms with Crippen molar-refractivity contribution in [3.05, 3.63) is 45.7 Å². The van der Waals surface area contributed by atoms with Gasteiger partial charge in [-0.2, -0.15) is 15.4 Å². The van der Waals surface area contributed by atoms with Gasteiger partial charge in [0, 0.05) is 28.9 Å². The van der Waals surface area contributed by atoms with E-state index in [0.29, 0.717) is 34.9 Å². The summed E-state index contributed by atoms with van der Waals surface area (Å²) in [5, 5.41) is 21.6. The number of carbonyl (C=O) groups is 2. The van der Waals surface area contributed by atoms with E-state index in [4.69, 9.17) is 33.3 Å². The molecule has 0 aliphatic carbocycles. The summed E-state index contributed by atoms with van der Waals surface area (Å²) in [6.07, 6.45) is 3.29. The molecule has 0 radical (unpaired) electrons. The van der Waals surface area contributed by atoms with Crippen LogP contribution in [0.2, 0.25) is 10.0 Å². The maximum absolute atomic E-state index is 12.0. The number of rotatable bonds is 10. The molecular weight excluding hydrogens is 405 g/mol. The average Bonchev–Trinajstić information content (AvgIpc) is 3.12. The first-order valence-corrected chi connectivity index (χ1v) is 9.42. The van der Waals surface area contributed by atoms with Gasteiger partial charge in [0.1, 0.15) is 12.3 Å². The first kappa shape index (κ1) is 21.8. The maximum atomic E-state index is 12.0. The molecule has 0 fully saturated rings. The van der Waals surface area contributed by atoms with E-state index in [0.717, 1.165) is 5.69 Å². The quantitative estimate of drug-likeness (QED) is 0.398. The molecule has 0 aliphatic heterocycles. The minimum absolute atomic E-state index is 0.0374. The largest absolute Gasteiger partial charge is 0.456 e. The van der Waals surface area contributed by atoms with Crippen LogP contribution in [-0.4, -0.2) is 39.0 Å². The fraction of sp³-hybridized carbons (Fsp3) is 0.389. The number of carbonyl (C=O) groups excluding carboxylic acids is 2. The number of aromatic amines is 1. The molecule has 8 nitrogen and oxygen atoms in total. The highest BCUT2D eigenvalue weighted by Crippen LogP contribution is 2.19. The van der Waals surface area contributed by atoms with Gasteiger partial charge in [0.15, 0.2) is 0 Å². The third kappa shape index (κ3) is 7.66. The highest BCUT2D eigenvalue weighted by atomic mass is 35.5. The number of nitrogens with one attached hydrogen (secondary N) is 3. The molecular formula is C18H21Cl2N5O3. The topological polar surface area (TPSA) is 121 Å². The van der Waals surface area contributed by atoms with Crippen LogP contribution >= 0.6 is 23.2 Å². The number of amides is 1. The zero-order valence-corrected chi connectivity index (χ0v) is 16.8. The molecule has 1 atom stereocenters. The zero-order chi connectivity index (χ0) is 20.5. The SMILES string of the molecule is C[C@@H](CC(=N)C(=O)OCc1cc(Cl)cc(Cl)c1)NC(=O)CCCc1cn[nH]n1. The van der Waals surface area contributed by atoms with E-state index in [-0.39, 0.29) is 30.7 Å². The van der Waals surface area contributed by atoms with Crippen molar-refractivity contribution >= 4 is 40.8 Å². The molecule has 0 saturated heterocycles. The number of nitrogens with zero attached hydrogens (tertiary/aromatic N) is 2. The molecule has 3 N–H and O–H groups in total. The van der Waals surface area contributed by atoms with Gasteiger partial charge in [-0.15, -0.1) is 0 Å². The maximum Gasteiger partial charge on any atom is 0.352 e. The van der Waals surface area contributed by atoms with Crippen LogP contribution in [0, 0.1) is 5.41 Å². The molecule has 1 aromatic carbocycles. The lowest BCUT2D eigenvalue weighted by Crippen LogP contribution is -2.35. The minimum atomic E-state index is -0.747. The summed E-state index contributed by atoms with van der Waals surface area (Å²) >= 11 is 11.8. The Kier molecular flexibility index (Phi) is 8.41. The van der Waals surface area contributed by atoms with E-state index in [1.165, 1.54) is 0 Å². The normalized spacial score (nSPS) is 11.7. The Labute approximate surface area is 172 Å². The van der Waals surface area contributed by atoms with Gasteiger partial charge in [-0.05, 0) is 43.5 Å². The molecule has 0 unspecified atom stereocenters. The van der Waals surface area contributed by atoms with Gasteiger partial charge in [-0.3, -0.25) is 10.2 Å². The van der Waals surface area contributed by atoms with E-state index in [1.807, 2.05) is 0 Å². The van der Waals surface area contributed by atoms with Crippen molar-refractivity contribution < 1.29 is 14.3 Å². The van der Waals surface area contributed by atoms with Crippen molar-refractivity contribution in [3.63, 3.8) is 0 Å². The third-order valence-electron chi connectivity index (χ3n) is 3.76. The number of halogens is 2. The van der Waals surface area contributed by atoms with Crippen molar-refractivity contribution in [1.82, 2.24) is 20.7 Å². The van der Waals surface area contributed by atoms with E-state index in [2.05, 4.69) is 20.7 Å². The van der Waals surface area contributed by atoms with Crippen molar-refractivity contribution in [2.24, 2.45) is 0 Å². The Morgan fingerprint density at radius 2 is 2.00 bits per heavy atom. The Morgan fingerprint density at radius 3 is 2.64 bits per heavy atom. The zero-order valence-electron chi connectivity index (χ0n) is 15.3. The van der Waals surface area contributed by atoms with Crippen molar-refractivity contribution in [2.45, 2.75) is 45.3 Å². The smallest absolute Gasteiger partial charge is 0.352 e. The van der Waals surface area contributed by atoms with Crippen LogP contribution in [0.15, 0.2) is 24.4 Å². The monoisotopic (exact) mass is 425 g/mol.